The Morgan fingerprint density at radius 2 is 2.05 bits per heavy atom. The lowest BCUT2D eigenvalue weighted by Gasteiger charge is -2.32. The summed E-state index contributed by atoms with van der Waals surface area (Å²) in [5.41, 5.74) is 1.63. The second-order valence-corrected chi connectivity index (χ2v) is 6.50. The second kappa shape index (κ2) is 4.69. The highest BCUT2D eigenvalue weighted by Crippen LogP contribution is 2.22. The van der Waals surface area contributed by atoms with Gasteiger partial charge in [0.25, 0.3) is 5.56 Å². The van der Waals surface area contributed by atoms with Gasteiger partial charge in [0.1, 0.15) is 5.65 Å². The SMILES string of the molecule is CC(C)(C)C(=O)N1CCc2nc3ccccn3c(=O)c2C1. The lowest BCUT2D eigenvalue weighted by Crippen LogP contribution is -2.44. The quantitative estimate of drug-likeness (QED) is 0.739. The third-order valence-corrected chi connectivity index (χ3v) is 3.81. The maximum atomic E-state index is 12.6. The van der Waals surface area contributed by atoms with Crippen LogP contribution in [0.25, 0.3) is 5.65 Å². The average molecular weight is 285 g/mol. The van der Waals surface area contributed by atoms with Crippen molar-refractivity contribution in [2.75, 3.05) is 6.54 Å². The topological polar surface area (TPSA) is 54.7 Å². The molecule has 0 aromatic carbocycles. The molecule has 3 rings (SSSR count). The largest absolute Gasteiger partial charge is 0.337 e. The maximum absolute atomic E-state index is 12.6. The molecule has 0 saturated heterocycles. The molecule has 3 heterocycles. The zero-order chi connectivity index (χ0) is 15.2. The Bertz CT molecular complexity index is 771. The molecule has 0 unspecified atom stereocenters. The van der Waals surface area contributed by atoms with Crippen LogP contribution in [0.4, 0.5) is 0 Å². The minimum absolute atomic E-state index is 0.0676. The van der Waals surface area contributed by atoms with Crippen molar-refractivity contribution in [3.8, 4) is 0 Å². The molecule has 0 aliphatic carbocycles. The van der Waals surface area contributed by atoms with E-state index in [1.54, 1.807) is 15.5 Å². The predicted octanol–water partition coefficient (Wildman–Crippen LogP) is 1.63. The van der Waals surface area contributed by atoms with E-state index in [9.17, 15) is 9.59 Å². The van der Waals surface area contributed by atoms with Gasteiger partial charge in [-0.05, 0) is 12.1 Å². The van der Waals surface area contributed by atoms with Crippen LogP contribution in [0.1, 0.15) is 32.0 Å². The number of rotatable bonds is 0. The fraction of sp³-hybridized carbons (Fsp3) is 0.438. The highest BCUT2D eigenvalue weighted by Gasteiger charge is 2.31. The van der Waals surface area contributed by atoms with Crippen molar-refractivity contribution in [1.82, 2.24) is 14.3 Å². The van der Waals surface area contributed by atoms with E-state index in [-0.39, 0.29) is 11.5 Å². The first-order valence-electron chi connectivity index (χ1n) is 7.16. The first-order chi connectivity index (χ1) is 9.88. The molecule has 0 spiro atoms. The maximum Gasteiger partial charge on any atom is 0.263 e. The Balaban J connectivity index is 2.05. The number of pyridine rings is 1. The van der Waals surface area contributed by atoms with E-state index < -0.39 is 5.41 Å². The fourth-order valence-electron chi connectivity index (χ4n) is 2.70. The van der Waals surface area contributed by atoms with Crippen molar-refractivity contribution < 1.29 is 4.79 Å². The molecule has 1 aliphatic heterocycles. The van der Waals surface area contributed by atoms with Crippen LogP contribution in [0.2, 0.25) is 0 Å². The van der Waals surface area contributed by atoms with Crippen molar-refractivity contribution in [2.24, 2.45) is 5.41 Å². The average Bonchev–Trinajstić information content (AvgIpc) is 2.45. The monoisotopic (exact) mass is 285 g/mol. The zero-order valence-corrected chi connectivity index (χ0v) is 12.6. The summed E-state index contributed by atoms with van der Waals surface area (Å²) >= 11 is 0. The summed E-state index contributed by atoms with van der Waals surface area (Å²) in [5.74, 6) is 0.0747. The molecular formula is C16H19N3O2. The van der Waals surface area contributed by atoms with E-state index in [4.69, 9.17) is 0 Å². The van der Waals surface area contributed by atoms with Gasteiger partial charge in [0, 0.05) is 24.6 Å². The summed E-state index contributed by atoms with van der Waals surface area (Å²) < 4.78 is 1.55. The van der Waals surface area contributed by atoms with Crippen molar-refractivity contribution >= 4 is 11.6 Å². The van der Waals surface area contributed by atoms with E-state index >= 15 is 0 Å². The van der Waals surface area contributed by atoms with E-state index in [0.717, 1.165) is 5.69 Å². The summed E-state index contributed by atoms with van der Waals surface area (Å²) in [6.45, 7) is 6.68. The van der Waals surface area contributed by atoms with Gasteiger partial charge in [0.15, 0.2) is 0 Å². The number of hydrogen-bond acceptors (Lipinski definition) is 3. The van der Waals surface area contributed by atoms with Gasteiger partial charge in [-0.2, -0.15) is 0 Å². The van der Waals surface area contributed by atoms with Crippen LogP contribution >= 0.6 is 0 Å². The van der Waals surface area contributed by atoms with Crippen LogP contribution in [0.5, 0.6) is 0 Å². The molecular weight excluding hydrogens is 266 g/mol. The number of carbonyl (C=O) groups is 1. The Kier molecular flexibility index (Phi) is 3.08. The fourth-order valence-corrected chi connectivity index (χ4v) is 2.70. The van der Waals surface area contributed by atoms with Gasteiger partial charge < -0.3 is 4.90 Å². The molecule has 0 N–H and O–H groups in total. The number of aromatic nitrogens is 2. The highest BCUT2D eigenvalue weighted by atomic mass is 16.2. The normalized spacial score (nSPS) is 15.1. The number of carbonyl (C=O) groups excluding carboxylic acids is 1. The Morgan fingerprint density at radius 3 is 2.76 bits per heavy atom. The molecule has 5 nitrogen and oxygen atoms in total. The van der Waals surface area contributed by atoms with Crippen molar-refractivity contribution in [1.29, 1.82) is 0 Å². The smallest absolute Gasteiger partial charge is 0.263 e. The second-order valence-electron chi connectivity index (χ2n) is 6.50. The third-order valence-electron chi connectivity index (χ3n) is 3.81. The van der Waals surface area contributed by atoms with Gasteiger partial charge in [-0.25, -0.2) is 4.98 Å². The highest BCUT2D eigenvalue weighted by molar-refractivity contribution is 5.81. The van der Waals surface area contributed by atoms with Gasteiger partial charge in [-0.15, -0.1) is 0 Å². The molecule has 0 atom stereocenters. The Morgan fingerprint density at radius 1 is 1.29 bits per heavy atom. The van der Waals surface area contributed by atoms with Gasteiger partial charge in [-0.3, -0.25) is 14.0 Å². The minimum atomic E-state index is -0.433. The summed E-state index contributed by atoms with van der Waals surface area (Å²) in [6, 6.07) is 5.50. The summed E-state index contributed by atoms with van der Waals surface area (Å²) in [6.07, 6.45) is 2.35. The molecule has 0 fully saturated rings. The van der Waals surface area contributed by atoms with Gasteiger partial charge in [0.2, 0.25) is 5.91 Å². The van der Waals surface area contributed by atoms with Crippen LogP contribution < -0.4 is 5.56 Å². The number of fused-ring (bicyclic) bond motifs is 2. The van der Waals surface area contributed by atoms with Crippen molar-refractivity contribution in [3.05, 3.63) is 46.0 Å². The summed E-state index contributed by atoms with van der Waals surface area (Å²) in [5, 5.41) is 0. The molecule has 0 saturated carbocycles. The summed E-state index contributed by atoms with van der Waals surface area (Å²) in [4.78, 5) is 31.3. The molecule has 0 bridgehead atoms. The van der Waals surface area contributed by atoms with Crippen LogP contribution in [-0.2, 0) is 17.8 Å². The van der Waals surface area contributed by atoms with Gasteiger partial charge in [-0.1, -0.05) is 26.8 Å². The van der Waals surface area contributed by atoms with Crippen LogP contribution in [0.15, 0.2) is 29.2 Å². The number of nitrogens with zero attached hydrogens (tertiary/aromatic N) is 3. The molecule has 2 aromatic rings. The van der Waals surface area contributed by atoms with Crippen LogP contribution in [-0.4, -0.2) is 26.7 Å². The van der Waals surface area contributed by atoms with Crippen molar-refractivity contribution in [2.45, 2.75) is 33.7 Å². The Hall–Kier alpha value is -2.17. The number of amides is 1. The molecule has 21 heavy (non-hydrogen) atoms. The Labute approximate surface area is 123 Å². The van der Waals surface area contributed by atoms with Crippen LogP contribution in [0.3, 0.4) is 0 Å². The number of hydrogen-bond donors (Lipinski definition) is 0. The molecule has 110 valence electrons. The molecule has 1 amide bonds. The van der Waals surface area contributed by atoms with Gasteiger partial charge >= 0.3 is 0 Å². The summed E-state index contributed by atoms with van der Waals surface area (Å²) in [7, 11) is 0. The van der Waals surface area contributed by atoms with E-state index in [0.29, 0.717) is 30.7 Å². The lowest BCUT2D eigenvalue weighted by molar-refractivity contribution is -0.140. The molecule has 5 heteroatoms. The third kappa shape index (κ3) is 2.33. The predicted molar refractivity (Wildman–Crippen MR) is 80.0 cm³/mol. The molecule has 0 radical (unpaired) electrons. The first-order valence-corrected chi connectivity index (χ1v) is 7.16. The van der Waals surface area contributed by atoms with E-state index in [1.165, 1.54) is 0 Å². The zero-order valence-electron chi connectivity index (χ0n) is 12.6. The van der Waals surface area contributed by atoms with Crippen molar-refractivity contribution in [3.63, 3.8) is 0 Å². The van der Waals surface area contributed by atoms with Crippen LogP contribution in [0, 0.1) is 5.41 Å². The van der Waals surface area contributed by atoms with E-state index in [1.807, 2.05) is 39.0 Å². The standard InChI is InChI=1S/C16H19N3O2/c1-16(2,3)15(21)18-9-7-12-11(10-18)14(20)19-8-5-4-6-13(19)17-12/h4-6,8H,7,9-10H2,1-3H3. The first kappa shape index (κ1) is 13.8. The lowest BCUT2D eigenvalue weighted by atomic mass is 9.93. The molecule has 2 aromatic heterocycles. The minimum Gasteiger partial charge on any atom is -0.337 e. The molecule has 1 aliphatic rings. The van der Waals surface area contributed by atoms with Gasteiger partial charge in [0.05, 0.1) is 17.8 Å². The van der Waals surface area contributed by atoms with E-state index in [2.05, 4.69) is 4.98 Å².